The van der Waals surface area contributed by atoms with Crippen LogP contribution < -0.4 is 15.1 Å². The summed E-state index contributed by atoms with van der Waals surface area (Å²) in [5, 5.41) is 3.42. The number of hydrogen-bond donors (Lipinski definition) is 1. The van der Waals surface area contributed by atoms with Crippen LogP contribution in [0.2, 0.25) is 0 Å². The Morgan fingerprint density at radius 3 is 2.11 bits per heavy atom. The molecule has 3 aromatic rings. The molecule has 1 aliphatic heterocycles. The molecule has 28 heavy (non-hydrogen) atoms. The van der Waals surface area contributed by atoms with Crippen LogP contribution in [0.3, 0.4) is 0 Å². The molecule has 4 rings (SSSR count). The number of nitrogens with one attached hydrogen (secondary N) is 1. The number of piperazine rings is 1. The molecule has 0 atom stereocenters. The number of nitrogens with zero attached hydrogens (tertiary/aromatic N) is 6. The zero-order chi connectivity index (χ0) is 19.3. The molecule has 0 amide bonds. The molecule has 0 spiro atoms. The lowest BCUT2D eigenvalue weighted by Crippen LogP contribution is -2.47. The predicted octanol–water partition coefficient (Wildman–Crippen LogP) is 3.08. The number of benzene rings is 1. The van der Waals surface area contributed by atoms with E-state index in [4.69, 9.17) is 9.97 Å². The molecular formula is C21H25N7. The molecule has 7 nitrogen and oxygen atoms in total. The van der Waals surface area contributed by atoms with E-state index in [-0.39, 0.29) is 0 Å². The fourth-order valence-electron chi connectivity index (χ4n) is 3.26. The highest BCUT2D eigenvalue weighted by Gasteiger charge is 2.21. The van der Waals surface area contributed by atoms with Crippen molar-refractivity contribution < 1.29 is 0 Å². The van der Waals surface area contributed by atoms with Crippen molar-refractivity contribution in [3.63, 3.8) is 0 Å². The topological polar surface area (TPSA) is 70.1 Å². The second kappa shape index (κ2) is 8.21. The van der Waals surface area contributed by atoms with Crippen LogP contribution in [0.25, 0.3) is 11.3 Å². The van der Waals surface area contributed by atoms with Crippen LogP contribution in [-0.2, 0) is 0 Å². The first-order valence-electron chi connectivity index (χ1n) is 9.67. The van der Waals surface area contributed by atoms with Crippen molar-refractivity contribution in [2.75, 3.05) is 41.3 Å². The molecule has 1 aromatic carbocycles. The normalized spacial score (nSPS) is 14.4. The van der Waals surface area contributed by atoms with Crippen molar-refractivity contribution in [1.82, 2.24) is 19.9 Å². The molecule has 144 valence electrons. The first-order valence-corrected chi connectivity index (χ1v) is 9.67. The van der Waals surface area contributed by atoms with Crippen LogP contribution in [0.1, 0.15) is 13.8 Å². The third kappa shape index (κ3) is 4.19. The number of hydrogen-bond acceptors (Lipinski definition) is 7. The fourth-order valence-corrected chi connectivity index (χ4v) is 3.26. The second-order valence-corrected chi connectivity index (χ2v) is 7.13. The van der Waals surface area contributed by atoms with Gasteiger partial charge in [0.25, 0.3) is 0 Å². The Morgan fingerprint density at radius 2 is 1.46 bits per heavy atom. The molecular weight excluding hydrogens is 350 g/mol. The molecule has 1 fully saturated rings. The Hall–Kier alpha value is -3.22. The summed E-state index contributed by atoms with van der Waals surface area (Å²) >= 11 is 0. The lowest BCUT2D eigenvalue weighted by Gasteiger charge is -2.34. The van der Waals surface area contributed by atoms with Crippen LogP contribution >= 0.6 is 0 Å². The average molecular weight is 375 g/mol. The van der Waals surface area contributed by atoms with Crippen LogP contribution in [0.15, 0.2) is 54.9 Å². The molecule has 3 heterocycles. The highest BCUT2D eigenvalue weighted by atomic mass is 15.4. The van der Waals surface area contributed by atoms with E-state index in [1.807, 2.05) is 30.3 Å². The molecule has 0 saturated carbocycles. The maximum atomic E-state index is 4.86. The van der Waals surface area contributed by atoms with Gasteiger partial charge in [0.2, 0.25) is 11.9 Å². The van der Waals surface area contributed by atoms with Crippen molar-refractivity contribution in [1.29, 1.82) is 0 Å². The smallest absolute Gasteiger partial charge is 0.227 e. The van der Waals surface area contributed by atoms with Gasteiger partial charge in [-0.1, -0.05) is 30.3 Å². The summed E-state index contributed by atoms with van der Waals surface area (Å²) in [6, 6.07) is 14.4. The van der Waals surface area contributed by atoms with Gasteiger partial charge in [-0.25, -0.2) is 15.0 Å². The van der Waals surface area contributed by atoms with Crippen LogP contribution in [-0.4, -0.2) is 52.2 Å². The minimum Gasteiger partial charge on any atom is -0.368 e. The van der Waals surface area contributed by atoms with Crippen LogP contribution in [0.5, 0.6) is 0 Å². The summed E-state index contributed by atoms with van der Waals surface area (Å²) in [4.78, 5) is 22.8. The minimum atomic E-state index is 0.304. The van der Waals surface area contributed by atoms with E-state index in [9.17, 15) is 0 Å². The van der Waals surface area contributed by atoms with Crippen molar-refractivity contribution >= 4 is 17.7 Å². The molecule has 0 unspecified atom stereocenters. The molecule has 7 heteroatoms. The van der Waals surface area contributed by atoms with Gasteiger partial charge in [0.05, 0.1) is 5.69 Å². The van der Waals surface area contributed by atoms with Gasteiger partial charge in [0.1, 0.15) is 5.82 Å². The van der Waals surface area contributed by atoms with Gasteiger partial charge in [-0.15, -0.1) is 0 Å². The van der Waals surface area contributed by atoms with E-state index >= 15 is 0 Å². The summed E-state index contributed by atoms with van der Waals surface area (Å²) in [5.41, 5.74) is 2.02. The first kappa shape index (κ1) is 18.2. The van der Waals surface area contributed by atoms with Crippen molar-refractivity contribution in [3.8, 4) is 11.3 Å². The van der Waals surface area contributed by atoms with Crippen LogP contribution in [0.4, 0.5) is 17.7 Å². The Kier molecular flexibility index (Phi) is 5.32. The molecule has 0 aliphatic carbocycles. The third-order valence-electron chi connectivity index (χ3n) is 4.62. The number of rotatable bonds is 5. The summed E-state index contributed by atoms with van der Waals surface area (Å²) in [5.74, 6) is 2.40. The molecule has 2 aromatic heterocycles. The van der Waals surface area contributed by atoms with E-state index < -0.39 is 0 Å². The van der Waals surface area contributed by atoms with Gasteiger partial charge in [-0.3, -0.25) is 0 Å². The largest absolute Gasteiger partial charge is 0.368 e. The lowest BCUT2D eigenvalue weighted by molar-refractivity contribution is 0.628. The SMILES string of the molecule is CC(C)Nc1cc(-c2ccccc2)nc(N2CCN(c3ncccn3)CC2)n1. The van der Waals surface area contributed by atoms with Gasteiger partial charge in [-0.2, -0.15) is 4.98 Å². The Labute approximate surface area is 165 Å². The average Bonchev–Trinajstić information content (AvgIpc) is 2.74. The van der Waals surface area contributed by atoms with E-state index in [1.165, 1.54) is 0 Å². The van der Waals surface area contributed by atoms with Gasteiger partial charge in [0, 0.05) is 56.2 Å². The summed E-state index contributed by atoms with van der Waals surface area (Å²) in [6.07, 6.45) is 3.57. The monoisotopic (exact) mass is 375 g/mol. The van der Waals surface area contributed by atoms with Crippen molar-refractivity contribution in [3.05, 3.63) is 54.9 Å². The molecule has 1 aliphatic rings. The maximum Gasteiger partial charge on any atom is 0.227 e. The van der Waals surface area contributed by atoms with Crippen LogP contribution in [0, 0.1) is 0 Å². The zero-order valence-corrected chi connectivity index (χ0v) is 16.3. The van der Waals surface area contributed by atoms with Gasteiger partial charge in [-0.05, 0) is 19.9 Å². The quantitative estimate of drug-likeness (QED) is 0.735. The molecule has 1 saturated heterocycles. The summed E-state index contributed by atoms with van der Waals surface area (Å²) in [7, 11) is 0. The van der Waals surface area contributed by atoms with Gasteiger partial charge >= 0.3 is 0 Å². The van der Waals surface area contributed by atoms with E-state index in [2.05, 4.69) is 51.1 Å². The van der Waals surface area contributed by atoms with E-state index in [1.54, 1.807) is 12.4 Å². The van der Waals surface area contributed by atoms with Crippen molar-refractivity contribution in [2.24, 2.45) is 0 Å². The lowest BCUT2D eigenvalue weighted by atomic mass is 10.1. The van der Waals surface area contributed by atoms with Gasteiger partial charge in [0.15, 0.2) is 0 Å². The summed E-state index contributed by atoms with van der Waals surface area (Å²) in [6.45, 7) is 7.58. The van der Waals surface area contributed by atoms with Crippen molar-refractivity contribution in [2.45, 2.75) is 19.9 Å². The standard InChI is InChI=1S/C21H25N7/c1-16(2)24-19-15-18(17-7-4-3-5-8-17)25-21(26-19)28-13-11-27(12-14-28)20-22-9-6-10-23-20/h3-10,15-16H,11-14H2,1-2H3,(H,24,25,26). The Balaban J connectivity index is 1.57. The van der Waals surface area contributed by atoms with E-state index in [0.717, 1.165) is 55.2 Å². The maximum absolute atomic E-state index is 4.86. The Bertz CT molecular complexity index is 891. The fraction of sp³-hybridized carbons (Fsp3) is 0.333. The predicted molar refractivity (Wildman–Crippen MR) is 113 cm³/mol. The highest BCUT2D eigenvalue weighted by Crippen LogP contribution is 2.24. The Morgan fingerprint density at radius 1 is 0.821 bits per heavy atom. The molecule has 0 radical (unpaired) electrons. The third-order valence-corrected chi connectivity index (χ3v) is 4.62. The molecule has 1 N–H and O–H groups in total. The highest BCUT2D eigenvalue weighted by molar-refractivity contribution is 5.64. The summed E-state index contributed by atoms with van der Waals surface area (Å²) < 4.78 is 0. The van der Waals surface area contributed by atoms with E-state index in [0.29, 0.717) is 6.04 Å². The molecule has 0 bridgehead atoms. The number of aromatic nitrogens is 4. The minimum absolute atomic E-state index is 0.304. The number of anilines is 3. The zero-order valence-electron chi connectivity index (χ0n) is 16.3. The second-order valence-electron chi connectivity index (χ2n) is 7.13. The van der Waals surface area contributed by atoms with Gasteiger partial charge < -0.3 is 15.1 Å². The first-order chi connectivity index (χ1) is 13.7.